The number of aliphatic carboxylic acids is 1. The topological polar surface area (TPSA) is 40.5 Å². The van der Waals surface area contributed by atoms with Crippen molar-refractivity contribution in [2.75, 3.05) is 14.1 Å². The van der Waals surface area contributed by atoms with E-state index in [-0.39, 0.29) is 0 Å². The smallest absolute Gasteiger partial charge is 0.314 e. The van der Waals surface area contributed by atoms with Crippen molar-refractivity contribution in [2.45, 2.75) is 24.8 Å². The van der Waals surface area contributed by atoms with Crippen LogP contribution in [-0.2, 0) is 16.8 Å². The minimum atomic E-state index is -0.701. The van der Waals surface area contributed by atoms with Crippen molar-refractivity contribution in [3.05, 3.63) is 59.7 Å². The second-order valence-corrected chi connectivity index (χ2v) is 6.40. The van der Waals surface area contributed by atoms with Crippen LogP contribution in [0.1, 0.15) is 24.0 Å². The van der Waals surface area contributed by atoms with Gasteiger partial charge >= 0.3 is 5.97 Å². The second kappa shape index (κ2) is 5.58. The lowest BCUT2D eigenvalue weighted by Gasteiger charge is -2.12. The fourth-order valence-electron chi connectivity index (χ4n) is 2.90. The summed E-state index contributed by atoms with van der Waals surface area (Å²) in [6.45, 7) is 0.931. The average Bonchev–Trinajstić information content (AvgIpc) is 3.29. The molecule has 0 atom stereocenters. The van der Waals surface area contributed by atoms with Crippen molar-refractivity contribution >= 4 is 5.97 Å². The minimum absolute atomic E-state index is 0.617. The second-order valence-electron chi connectivity index (χ2n) is 6.40. The van der Waals surface area contributed by atoms with E-state index in [1.807, 2.05) is 24.3 Å². The summed E-state index contributed by atoms with van der Waals surface area (Å²) in [7, 11) is 4.12. The van der Waals surface area contributed by atoms with E-state index in [9.17, 15) is 9.90 Å². The van der Waals surface area contributed by atoms with Crippen LogP contribution in [0.2, 0.25) is 0 Å². The fourth-order valence-corrected chi connectivity index (χ4v) is 2.90. The van der Waals surface area contributed by atoms with Gasteiger partial charge in [0.1, 0.15) is 0 Å². The van der Waals surface area contributed by atoms with E-state index in [1.54, 1.807) is 0 Å². The summed E-state index contributed by atoms with van der Waals surface area (Å²) in [5, 5.41) is 9.34. The van der Waals surface area contributed by atoms with Crippen LogP contribution in [0.25, 0.3) is 11.1 Å². The highest BCUT2D eigenvalue weighted by Gasteiger charge is 2.51. The summed E-state index contributed by atoms with van der Waals surface area (Å²) >= 11 is 0. The molecule has 3 rings (SSSR count). The van der Waals surface area contributed by atoms with Gasteiger partial charge in [0.2, 0.25) is 0 Å². The lowest BCUT2D eigenvalue weighted by Crippen LogP contribution is -2.19. The summed E-state index contributed by atoms with van der Waals surface area (Å²) in [6, 6.07) is 16.5. The Balaban J connectivity index is 1.80. The summed E-state index contributed by atoms with van der Waals surface area (Å²) in [6.07, 6.45) is 1.50. The third-order valence-electron chi connectivity index (χ3n) is 4.38. The molecule has 0 spiro atoms. The number of carboxylic acid groups (broad SMARTS) is 1. The Labute approximate surface area is 131 Å². The highest BCUT2D eigenvalue weighted by molar-refractivity contribution is 5.85. The Morgan fingerprint density at radius 2 is 1.50 bits per heavy atom. The van der Waals surface area contributed by atoms with Crippen molar-refractivity contribution in [3.8, 4) is 11.1 Å². The molecule has 3 nitrogen and oxygen atoms in total. The Bertz CT molecular complexity index is 668. The molecule has 0 unspecified atom stereocenters. The van der Waals surface area contributed by atoms with Gasteiger partial charge in [-0.3, -0.25) is 4.79 Å². The van der Waals surface area contributed by atoms with Crippen LogP contribution in [-0.4, -0.2) is 30.1 Å². The average molecular weight is 295 g/mol. The maximum Gasteiger partial charge on any atom is 0.314 e. The van der Waals surface area contributed by atoms with Gasteiger partial charge in [-0.1, -0.05) is 48.5 Å². The molecule has 1 fully saturated rings. The van der Waals surface area contributed by atoms with Crippen LogP contribution < -0.4 is 0 Å². The number of benzene rings is 2. The van der Waals surface area contributed by atoms with E-state index >= 15 is 0 Å². The molecule has 0 amide bonds. The molecule has 22 heavy (non-hydrogen) atoms. The highest BCUT2D eigenvalue weighted by atomic mass is 16.4. The predicted octanol–water partition coefficient (Wildman–Crippen LogP) is 3.53. The van der Waals surface area contributed by atoms with Crippen molar-refractivity contribution in [1.82, 2.24) is 4.90 Å². The van der Waals surface area contributed by atoms with Gasteiger partial charge in [0.05, 0.1) is 5.41 Å². The Kier molecular flexibility index (Phi) is 3.75. The third-order valence-corrected chi connectivity index (χ3v) is 4.38. The van der Waals surface area contributed by atoms with Crippen molar-refractivity contribution in [3.63, 3.8) is 0 Å². The number of carbonyl (C=O) groups is 1. The maximum atomic E-state index is 11.4. The number of rotatable bonds is 5. The first-order valence-electron chi connectivity index (χ1n) is 7.59. The molecular formula is C19H21NO2. The van der Waals surface area contributed by atoms with Crippen molar-refractivity contribution in [2.24, 2.45) is 0 Å². The number of hydrogen-bond acceptors (Lipinski definition) is 2. The zero-order chi connectivity index (χ0) is 15.7. The van der Waals surface area contributed by atoms with Crippen LogP contribution in [0.3, 0.4) is 0 Å². The van der Waals surface area contributed by atoms with E-state index in [1.165, 1.54) is 5.56 Å². The van der Waals surface area contributed by atoms with Crippen LogP contribution in [0, 0.1) is 0 Å². The Morgan fingerprint density at radius 3 is 1.91 bits per heavy atom. The van der Waals surface area contributed by atoms with Gasteiger partial charge in [0, 0.05) is 6.54 Å². The van der Waals surface area contributed by atoms with Gasteiger partial charge in [-0.05, 0) is 49.2 Å². The molecule has 0 bridgehead atoms. The number of hydrogen-bond donors (Lipinski definition) is 1. The van der Waals surface area contributed by atoms with Gasteiger partial charge < -0.3 is 10.0 Å². The molecule has 0 aliphatic heterocycles. The minimum Gasteiger partial charge on any atom is -0.481 e. The molecule has 2 aromatic carbocycles. The first-order valence-corrected chi connectivity index (χ1v) is 7.59. The van der Waals surface area contributed by atoms with Crippen LogP contribution in [0.15, 0.2) is 48.5 Å². The zero-order valence-electron chi connectivity index (χ0n) is 13.0. The molecule has 114 valence electrons. The zero-order valence-corrected chi connectivity index (χ0v) is 13.0. The Morgan fingerprint density at radius 1 is 1.00 bits per heavy atom. The van der Waals surface area contributed by atoms with E-state index in [0.29, 0.717) is 0 Å². The van der Waals surface area contributed by atoms with Gasteiger partial charge in [-0.15, -0.1) is 0 Å². The molecule has 1 saturated carbocycles. The van der Waals surface area contributed by atoms with E-state index in [2.05, 4.69) is 43.3 Å². The molecule has 0 radical (unpaired) electrons. The van der Waals surface area contributed by atoms with Crippen LogP contribution in [0.5, 0.6) is 0 Å². The van der Waals surface area contributed by atoms with E-state index < -0.39 is 11.4 Å². The molecule has 2 aromatic rings. The van der Waals surface area contributed by atoms with Crippen LogP contribution in [0.4, 0.5) is 0 Å². The molecule has 0 heterocycles. The molecule has 0 aromatic heterocycles. The molecule has 3 heteroatoms. The van der Waals surface area contributed by atoms with E-state index in [4.69, 9.17) is 0 Å². The van der Waals surface area contributed by atoms with Gasteiger partial charge in [-0.2, -0.15) is 0 Å². The summed E-state index contributed by atoms with van der Waals surface area (Å²) in [5.74, 6) is -0.701. The van der Waals surface area contributed by atoms with Gasteiger partial charge in [0.25, 0.3) is 0 Å². The summed E-state index contributed by atoms with van der Waals surface area (Å²) in [4.78, 5) is 13.5. The predicted molar refractivity (Wildman–Crippen MR) is 87.8 cm³/mol. The highest BCUT2D eigenvalue weighted by Crippen LogP contribution is 2.48. The molecule has 0 saturated heterocycles. The molecular weight excluding hydrogens is 274 g/mol. The fraction of sp³-hybridized carbons (Fsp3) is 0.316. The number of carboxylic acids is 1. The van der Waals surface area contributed by atoms with E-state index in [0.717, 1.165) is 36.1 Å². The summed E-state index contributed by atoms with van der Waals surface area (Å²) < 4.78 is 0. The number of nitrogens with zero attached hydrogens (tertiary/aromatic N) is 1. The van der Waals surface area contributed by atoms with Crippen molar-refractivity contribution in [1.29, 1.82) is 0 Å². The first kappa shape index (κ1) is 14.8. The lowest BCUT2D eigenvalue weighted by atomic mass is 9.93. The largest absolute Gasteiger partial charge is 0.481 e. The van der Waals surface area contributed by atoms with Gasteiger partial charge in [-0.25, -0.2) is 0 Å². The molecule has 1 aliphatic rings. The van der Waals surface area contributed by atoms with Crippen molar-refractivity contribution < 1.29 is 9.90 Å². The maximum absolute atomic E-state index is 11.4. The van der Waals surface area contributed by atoms with Gasteiger partial charge in [0.15, 0.2) is 0 Å². The summed E-state index contributed by atoms with van der Waals surface area (Å²) in [5.41, 5.74) is 3.88. The SMILES string of the molecule is CN(C)Cc1ccc(-c2ccc(C3(C(=O)O)CC3)cc2)cc1. The first-order chi connectivity index (χ1) is 10.5. The Hall–Kier alpha value is -2.13. The standard InChI is InChI=1S/C19H21NO2/c1-20(2)13-14-3-5-15(6-4-14)16-7-9-17(10-8-16)19(11-12-19)18(21)22/h3-10H,11-13H2,1-2H3,(H,21,22). The normalized spacial score (nSPS) is 15.8. The molecule has 1 N–H and O–H groups in total. The molecule has 1 aliphatic carbocycles. The monoisotopic (exact) mass is 295 g/mol. The lowest BCUT2D eigenvalue weighted by molar-refractivity contribution is -0.140. The third kappa shape index (κ3) is 2.77. The van der Waals surface area contributed by atoms with Crippen LogP contribution >= 0.6 is 0 Å². The quantitative estimate of drug-likeness (QED) is 0.917.